The van der Waals surface area contributed by atoms with Crippen LogP contribution in [0.3, 0.4) is 0 Å². The van der Waals surface area contributed by atoms with Crippen LogP contribution in [0.2, 0.25) is 0 Å². The molecule has 0 spiro atoms. The number of hydrogen-bond acceptors (Lipinski definition) is 6. The number of hydrogen-bond donors (Lipinski definition) is 1. The summed E-state index contributed by atoms with van der Waals surface area (Å²) in [5.41, 5.74) is -2.44. The quantitative estimate of drug-likeness (QED) is 0.208. The molecule has 0 aliphatic carbocycles. The lowest BCUT2D eigenvalue weighted by Gasteiger charge is -2.22. The molecule has 0 radical (unpaired) electrons. The number of ether oxygens (including phenoxy) is 2. The van der Waals surface area contributed by atoms with Gasteiger partial charge in [0.1, 0.15) is 22.6 Å². The molecule has 1 fully saturated rings. The zero-order valence-electron chi connectivity index (χ0n) is 21.8. The molecule has 1 atom stereocenters. The minimum absolute atomic E-state index is 0.133. The molecule has 1 unspecified atom stereocenters. The van der Waals surface area contributed by atoms with Crippen molar-refractivity contribution in [2.45, 2.75) is 51.2 Å². The largest absolute Gasteiger partial charge is 0.497 e. The van der Waals surface area contributed by atoms with E-state index in [4.69, 9.17) is 13.9 Å². The first-order chi connectivity index (χ1) is 18.5. The maximum absolute atomic E-state index is 13.5. The lowest BCUT2D eigenvalue weighted by Crippen LogP contribution is -2.41. The number of methoxy groups -OCH3 is 1. The number of fused-ring (bicyclic) bond motifs is 1. The van der Waals surface area contributed by atoms with E-state index < -0.39 is 28.9 Å². The fraction of sp³-hybridized carbons (Fsp3) is 0.393. The smallest absolute Gasteiger partial charge is 0.417 e. The van der Waals surface area contributed by atoms with Crippen molar-refractivity contribution in [2.24, 2.45) is 0 Å². The summed E-state index contributed by atoms with van der Waals surface area (Å²) in [4.78, 5) is 38.7. The highest BCUT2D eigenvalue weighted by molar-refractivity contribution is 6.07. The van der Waals surface area contributed by atoms with E-state index in [2.05, 4.69) is 5.32 Å². The van der Waals surface area contributed by atoms with Crippen LogP contribution >= 0.6 is 0 Å². The second-order valence-corrected chi connectivity index (χ2v) is 9.44. The third-order valence-electron chi connectivity index (χ3n) is 6.75. The Morgan fingerprint density at radius 1 is 1.05 bits per heavy atom. The Balaban J connectivity index is 1.41. The number of imide groups is 1. The Morgan fingerprint density at radius 2 is 1.77 bits per heavy atom. The molecule has 39 heavy (non-hydrogen) atoms. The molecule has 1 aliphatic rings. The van der Waals surface area contributed by atoms with Gasteiger partial charge in [-0.1, -0.05) is 25.5 Å². The number of unbranched alkanes of at least 4 members (excludes halogenated alkanes) is 1. The van der Waals surface area contributed by atoms with Gasteiger partial charge in [0.05, 0.1) is 19.3 Å². The molecule has 208 valence electrons. The molecule has 2 heterocycles. The highest BCUT2D eigenvalue weighted by Crippen LogP contribution is 2.37. The van der Waals surface area contributed by atoms with E-state index in [-0.39, 0.29) is 30.0 Å². The molecular weight excluding hydrogens is 517 g/mol. The third-order valence-corrected chi connectivity index (χ3v) is 6.75. The molecule has 4 rings (SSSR count). The number of nitrogens with one attached hydrogen (secondary N) is 1. The predicted molar refractivity (Wildman–Crippen MR) is 137 cm³/mol. The molecule has 3 aromatic rings. The molecule has 1 saturated heterocycles. The van der Waals surface area contributed by atoms with Crippen molar-refractivity contribution in [3.63, 3.8) is 0 Å². The maximum Gasteiger partial charge on any atom is 0.417 e. The van der Waals surface area contributed by atoms with Gasteiger partial charge >= 0.3 is 17.8 Å². The van der Waals surface area contributed by atoms with Gasteiger partial charge in [0.25, 0.3) is 5.91 Å². The summed E-state index contributed by atoms with van der Waals surface area (Å²) in [6.45, 7) is 3.86. The number of nitrogens with zero attached hydrogens (tertiary/aromatic N) is 1. The van der Waals surface area contributed by atoms with Gasteiger partial charge in [0, 0.05) is 23.6 Å². The van der Waals surface area contributed by atoms with E-state index in [1.807, 2.05) is 6.92 Å². The van der Waals surface area contributed by atoms with Crippen molar-refractivity contribution in [1.82, 2.24) is 10.2 Å². The molecular formula is C28H29F3N2O6. The lowest BCUT2D eigenvalue weighted by atomic mass is 9.92. The van der Waals surface area contributed by atoms with Crippen molar-refractivity contribution in [1.29, 1.82) is 0 Å². The summed E-state index contributed by atoms with van der Waals surface area (Å²) in [5.74, 6) is 0.593. The van der Waals surface area contributed by atoms with Crippen molar-refractivity contribution in [3.05, 3.63) is 69.6 Å². The van der Waals surface area contributed by atoms with E-state index in [0.717, 1.165) is 4.90 Å². The number of aryl methyl sites for hydroxylation is 1. The van der Waals surface area contributed by atoms with Gasteiger partial charge in [-0.15, -0.1) is 0 Å². The molecule has 11 heteroatoms. The highest BCUT2D eigenvalue weighted by atomic mass is 19.4. The van der Waals surface area contributed by atoms with E-state index >= 15 is 0 Å². The molecule has 0 bridgehead atoms. The summed E-state index contributed by atoms with van der Waals surface area (Å²) >= 11 is 0. The molecule has 1 aromatic heterocycles. The minimum Gasteiger partial charge on any atom is -0.497 e. The monoisotopic (exact) mass is 546 g/mol. The van der Waals surface area contributed by atoms with E-state index in [0.29, 0.717) is 54.4 Å². The van der Waals surface area contributed by atoms with Crippen molar-refractivity contribution < 1.29 is 36.7 Å². The van der Waals surface area contributed by atoms with Crippen LogP contribution in [0, 0.1) is 0 Å². The van der Waals surface area contributed by atoms with Crippen LogP contribution in [0.4, 0.5) is 18.0 Å². The van der Waals surface area contributed by atoms with Crippen molar-refractivity contribution >= 4 is 22.9 Å². The Labute approximate surface area is 222 Å². The minimum atomic E-state index is -4.71. The zero-order chi connectivity index (χ0) is 28.4. The van der Waals surface area contributed by atoms with Gasteiger partial charge < -0.3 is 19.2 Å². The van der Waals surface area contributed by atoms with Crippen LogP contribution in [0.25, 0.3) is 11.0 Å². The second kappa shape index (κ2) is 11.0. The van der Waals surface area contributed by atoms with Crippen molar-refractivity contribution in [2.75, 3.05) is 20.3 Å². The van der Waals surface area contributed by atoms with Crippen LogP contribution < -0.4 is 20.4 Å². The highest BCUT2D eigenvalue weighted by Gasteiger charge is 2.48. The number of carbonyl (C=O) groups is 2. The van der Waals surface area contributed by atoms with Crippen molar-refractivity contribution in [3.8, 4) is 11.5 Å². The van der Waals surface area contributed by atoms with E-state index in [1.54, 1.807) is 31.2 Å². The average Bonchev–Trinajstić information content (AvgIpc) is 3.12. The molecule has 8 nitrogen and oxygen atoms in total. The number of carbonyl (C=O) groups excluding carboxylic acids is 2. The number of urea groups is 1. The number of alkyl halides is 3. The number of amides is 3. The molecule has 1 aliphatic heterocycles. The lowest BCUT2D eigenvalue weighted by molar-refractivity contribution is -0.136. The van der Waals surface area contributed by atoms with Gasteiger partial charge in [-0.2, -0.15) is 13.2 Å². The normalized spacial score (nSPS) is 17.5. The number of rotatable bonds is 10. The Hall–Kier alpha value is -4.02. The summed E-state index contributed by atoms with van der Waals surface area (Å²) in [7, 11) is 1.54. The Morgan fingerprint density at radius 3 is 2.41 bits per heavy atom. The Kier molecular flexibility index (Phi) is 7.89. The van der Waals surface area contributed by atoms with Gasteiger partial charge in [-0.25, -0.2) is 9.59 Å². The van der Waals surface area contributed by atoms with Gasteiger partial charge in [-0.3, -0.25) is 9.69 Å². The first-order valence-corrected chi connectivity index (χ1v) is 12.6. The average molecular weight is 547 g/mol. The molecule has 2 aromatic carbocycles. The van der Waals surface area contributed by atoms with Gasteiger partial charge in [-0.05, 0) is 56.0 Å². The molecule has 0 saturated carbocycles. The fourth-order valence-electron chi connectivity index (χ4n) is 4.69. The van der Waals surface area contributed by atoms with Gasteiger partial charge in [0.15, 0.2) is 0 Å². The zero-order valence-corrected chi connectivity index (χ0v) is 21.8. The number of halogens is 3. The standard InChI is InChI=1S/C28H29F3N2O6/c1-4-7-20-22(13-12-19-21(28(29,30)31)16-23(34)39-24(19)20)38-15-6-5-14-33-25(35)27(2,32-26(33)36)17-8-10-18(37-3)11-9-17/h8-13,16H,4-7,14-15H2,1-3H3,(H,32,36). The van der Waals surface area contributed by atoms with Crippen LogP contribution in [0.15, 0.2) is 51.7 Å². The number of benzene rings is 2. The Bertz CT molecular complexity index is 1430. The SMILES string of the molecule is CCCc1c(OCCCCN2C(=O)NC(C)(c3ccc(OC)cc3)C2=O)ccc2c(C(F)(F)F)cc(=O)oc12. The summed E-state index contributed by atoms with van der Waals surface area (Å²) in [6.07, 6.45) is -2.85. The van der Waals surface area contributed by atoms with Crippen LogP contribution in [0.1, 0.15) is 49.8 Å². The van der Waals surface area contributed by atoms with Crippen LogP contribution in [-0.4, -0.2) is 37.1 Å². The van der Waals surface area contributed by atoms with E-state index in [1.165, 1.54) is 19.2 Å². The summed E-state index contributed by atoms with van der Waals surface area (Å²) in [5, 5.41) is 2.56. The predicted octanol–water partition coefficient (Wildman–Crippen LogP) is 5.40. The molecule has 3 amide bonds. The van der Waals surface area contributed by atoms with Gasteiger partial charge in [0.2, 0.25) is 0 Å². The maximum atomic E-state index is 13.5. The first-order valence-electron chi connectivity index (χ1n) is 12.6. The van der Waals surface area contributed by atoms with E-state index in [9.17, 15) is 27.6 Å². The third kappa shape index (κ3) is 5.57. The fourth-order valence-corrected chi connectivity index (χ4v) is 4.69. The van der Waals surface area contributed by atoms with Crippen LogP contribution in [-0.2, 0) is 22.9 Å². The summed E-state index contributed by atoms with van der Waals surface area (Å²) in [6, 6.07) is 9.53. The second-order valence-electron chi connectivity index (χ2n) is 9.44. The molecule has 1 N–H and O–H groups in total. The topological polar surface area (TPSA) is 98.1 Å². The summed E-state index contributed by atoms with van der Waals surface area (Å²) < 4.78 is 56.6. The first kappa shape index (κ1) is 28.0. The van der Waals surface area contributed by atoms with Crippen LogP contribution in [0.5, 0.6) is 11.5 Å².